The van der Waals surface area contributed by atoms with Gasteiger partial charge in [-0.05, 0) is 30.7 Å². The van der Waals surface area contributed by atoms with Gasteiger partial charge >= 0.3 is 0 Å². The molecule has 1 heterocycles. The maximum Gasteiger partial charge on any atom is 0.138 e. The maximum atomic E-state index is 9.79. The first-order valence-corrected chi connectivity index (χ1v) is 6.62. The number of aromatic amines is 1. The normalized spacial score (nSPS) is 12.8. The largest absolute Gasteiger partial charge is 0.387 e. The lowest BCUT2D eigenvalue weighted by atomic mass is 10.1. The summed E-state index contributed by atoms with van der Waals surface area (Å²) in [7, 11) is 0. The molecule has 0 bridgehead atoms. The van der Waals surface area contributed by atoms with Crippen molar-refractivity contribution in [3.8, 4) is 11.4 Å². The first-order valence-electron chi connectivity index (χ1n) is 6.62. The molecule has 0 amide bonds. The first kappa shape index (κ1) is 12.8. The van der Waals surface area contributed by atoms with Crippen LogP contribution >= 0.6 is 0 Å². The van der Waals surface area contributed by atoms with Crippen LogP contribution in [0.1, 0.15) is 17.2 Å². The molecule has 0 saturated heterocycles. The van der Waals surface area contributed by atoms with Crippen molar-refractivity contribution in [2.45, 2.75) is 13.0 Å². The van der Waals surface area contributed by atoms with Crippen LogP contribution in [0.4, 0.5) is 0 Å². The van der Waals surface area contributed by atoms with Crippen LogP contribution < -0.4 is 5.73 Å². The van der Waals surface area contributed by atoms with Gasteiger partial charge in [0.05, 0.1) is 17.1 Å². The fourth-order valence-corrected chi connectivity index (χ4v) is 2.30. The topological polar surface area (TPSA) is 74.9 Å². The Morgan fingerprint density at radius 3 is 2.85 bits per heavy atom. The van der Waals surface area contributed by atoms with Crippen molar-refractivity contribution >= 4 is 11.0 Å². The van der Waals surface area contributed by atoms with Gasteiger partial charge in [-0.15, -0.1) is 0 Å². The molecule has 0 fully saturated rings. The Labute approximate surface area is 117 Å². The van der Waals surface area contributed by atoms with E-state index in [1.54, 1.807) is 0 Å². The van der Waals surface area contributed by atoms with E-state index in [2.05, 4.69) is 29.0 Å². The summed E-state index contributed by atoms with van der Waals surface area (Å²) in [5, 5.41) is 9.79. The number of nitrogens with two attached hydrogens (primary N) is 1. The van der Waals surface area contributed by atoms with Gasteiger partial charge in [0.15, 0.2) is 0 Å². The SMILES string of the molecule is Cc1cccc(-c2nc3ccc(C(O)CN)cc3[nH]2)c1. The molecule has 4 N–H and O–H groups in total. The molecule has 1 aromatic heterocycles. The zero-order chi connectivity index (χ0) is 14.1. The smallest absolute Gasteiger partial charge is 0.138 e. The summed E-state index contributed by atoms with van der Waals surface area (Å²) in [5.74, 6) is 0.836. The highest BCUT2D eigenvalue weighted by atomic mass is 16.3. The van der Waals surface area contributed by atoms with Crippen LogP contribution in [0.25, 0.3) is 22.4 Å². The third-order valence-electron chi connectivity index (χ3n) is 3.41. The van der Waals surface area contributed by atoms with Crippen LogP contribution in [-0.4, -0.2) is 21.6 Å². The highest BCUT2D eigenvalue weighted by Gasteiger charge is 2.09. The quantitative estimate of drug-likeness (QED) is 0.682. The average molecular weight is 267 g/mol. The number of hydrogen-bond acceptors (Lipinski definition) is 3. The third-order valence-corrected chi connectivity index (χ3v) is 3.41. The van der Waals surface area contributed by atoms with Crippen LogP contribution in [0.3, 0.4) is 0 Å². The fraction of sp³-hybridized carbons (Fsp3) is 0.188. The van der Waals surface area contributed by atoms with Gasteiger partial charge in [0.1, 0.15) is 5.82 Å². The minimum atomic E-state index is -0.634. The van der Waals surface area contributed by atoms with Crippen LogP contribution in [-0.2, 0) is 0 Å². The molecule has 0 aliphatic heterocycles. The molecule has 102 valence electrons. The molecule has 0 radical (unpaired) electrons. The van der Waals surface area contributed by atoms with Gasteiger partial charge in [-0.25, -0.2) is 4.98 Å². The summed E-state index contributed by atoms with van der Waals surface area (Å²) < 4.78 is 0. The molecular weight excluding hydrogens is 250 g/mol. The Morgan fingerprint density at radius 1 is 1.25 bits per heavy atom. The van der Waals surface area contributed by atoms with Crippen molar-refractivity contribution in [2.24, 2.45) is 5.73 Å². The Hall–Kier alpha value is -2.17. The molecule has 1 atom stereocenters. The van der Waals surface area contributed by atoms with E-state index in [0.717, 1.165) is 28.0 Å². The van der Waals surface area contributed by atoms with Crippen molar-refractivity contribution in [2.75, 3.05) is 6.54 Å². The first-order chi connectivity index (χ1) is 9.67. The van der Waals surface area contributed by atoms with Crippen molar-refractivity contribution in [3.05, 3.63) is 53.6 Å². The lowest BCUT2D eigenvalue weighted by Gasteiger charge is -2.06. The Balaban J connectivity index is 2.06. The van der Waals surface area contributed by atoms with E-state index in [-0.39, 0.29) is 6.54 Å². The Morgan fingerprint density at radius 2 is 2.10 bits per heavy atom. The number of aryl methyl sites for hydroxylation is 1. The van der Waals surface area contributed by atoms with E-state index in [4.69, 9.17) is 5.73 Å². The summed E-state index contributed by atoms with van der Waals surface area (Å²) >= 11 is 0. The number of hydrogen-bond donors (Lipinski definition) is 3. The number of aliphatic hydroxyl groups excluding tert-OH is 1. The number of H-pyrrole nitrogens is 1. The Kier molecular flexibility index (Phi) is 3.26. The third kappa shape index (κ3) is 2.31. The lowest BCUT2D eigenvalue weighted by molar-refractivity contribution is 0.187. The minimum absolute atomic E-state index is 0.213. The predicted molar refractivity (Wildman–Crippen MR) is 80.3 cm³/mol. The summed E-state index contributed by atoms with van der Waals surface area (Å²) in [5.41, 5.74) is 10.3. The van der Waals surface area contributed by atoms with Crippen molar-refractivity contribution in [1.82, 2.24) is 9.97 Å². The van der Waals surface area contributed by atoms with Crippen molar-refractivity contribution in [3.63, 3.8) is 0 Å². The van der Waals surface area contributed by atoms with E-state index in [1.807, 2.05) is 30.3 Å². The van der Waals surface area contributed by atoms with Gasteiger partial charge in [0.2, 0.25) is 0 Å². The highest BCUT2D eigenvalue weighted by Crippen LogP contribution is 2.23. The summed E-state index contributed by atoms with van der Waals surface area (Å²) in [6.45, 7) is 2.27. The van der Waals surface area contributed by atoms with Crippen LogP contribution in [0.5, 0.6) is 0 Å². The van der Waals surface area contributed by atoms with E-state index in [0.29, 0.717) is 0 Å². The minimum Gasteiger partial charge on any atom is -0.387 e. The van der Waals surface area contributed by atoms with E-state index >= 15 is 0 Å². The highest BCUT2D eigenvalue weighted by molar-refractivity contribution is 5.80. The summed E-state index contributed by atoms with van der Waals surface area (Å²) in [6, 6.07) is 13.9. The average Bonchev–Trinajstić information content (AvgIpc) is 2.89. The monoisotopic (exact) mass is 267 g/mol. The zero-order valence-electron chi connectivity index (χ0n) is 11.3. The van der Waals surface area contributed by atoms with Gasteiger partial charge in [-0.1, -0.05) is 29.8 Å². The van der Waals surface area contributed by atoms with Gasteiger partial charge in [0.25, 0.3) is 0 Å². The number of aromatic nitrogens is 2. The molecule has 0 spiro atoms. The maximum absolute atomic E-state index is 9.79. The second-order valence-corrected chi connectivity index (χ2v) is 4.98. The second-order valence-electron chi connectivity index (χ2n) is 4.98. The van der Waals surface area contributed by atoms with Crippen molar-refractivity contribution in [1.29, 1.82) is 0 Å². The van der Waals surface area contributed by atoms with Crippen LogP contribution in [0.2, 0.25) is 0 Å². The number of fused-ring (bicyclic) bond motifs is 1. The molecule has 1 unspecified atom stereocenters. The molecule has 3 rings (SSSR count). The molecule has 3 aromatic rings. The van der Waals surface area contributed by atoms with Gasteiger partial charge < -0.3 is 15.8 Å². The summed E-state index contributed by atoms with van der Waals surface area (Å²) in [6.07, 6.45) is -0.634. The molecule has 2 aromatic carbocycles. The van der Waals surface area contributed by atoms with Crippen LogP contribution in [0, 0.1) is 6.92 Å². The Bertz CT molecular complexity index is 748. The van der Waals surface area contributed by atoms with Gasteiger partial charge in [-0.3, -0.25) is 0 Å². The van der Waals surface area contributed by atoms with Gasteiger partial charge in [-0.2, -0.15) is 0 Å². The molecule has 0 saturated carbocycles. The molecule has 0 aliphatic carbocycles. The molecule has 4 nitrogen and oxygen atoms in total. The van der Waals surface area contributed by atoms with Crippen LogP contribution in [0.15, 0.2) is 42.5 Å². The molecular formula is C16H17N3O. The number of benzene rings is 2. The number of nitrogens with one attached hydrogen (secondary N) is 1. The molecule has 4 heteroatoms. The number of imidazole rings is 1. The zero-order valence-corrected chi connectivity index (χ0v) is 11.3. The van der Waals surface area contributed by atoms with Gasteiger partial charge in [0, 0.05) is 12.1 Å². The van der Waals surface area contributed by atoms with Crippen molar-refractivity contribution < 1.29 is 5.11 Å². The van der Waals surface area contributed by atoms with E-state index < -0.39 is 6.10 Å². The fourth-order valence-electron chi connectivity index (χ4n) is 2.30. The predicted octanol–water partition coefficient (Wildman–Crippen LogP) is 2.53. The van der Waals surface area contributed by atoms with E-state index in [1.165, 1.54) is 5.56 Å². The second kappa shape index (κ2) is 5.07. The van der Waals surface area contributed by atoms with E-state index in [9.17, 15) is 5.11 Å². The molecule has 0 aliphatic rings. The number of nitrogens with zero attached hydrogens (tertiary/aromatic N) is 1. The number of rotatable bonds is 3. The summed E-state index contributed by atoms with van der Waals surface area (Å²) in [4.78, 5) is 7.88. The molecule has 20 heavy (non-hydrogen) atoms. The standard InChI is InChI=1S/C16H17N3O/c1-10-3-2-4-12(7-10)16-18-13-6-5-11(15(20)9-17)8-14(13)19-16/h2-8,15,20H,9,17H2,1H3,(H,18,19). The number of aliphatic hydroxyl groups is 1. The lowest BCUT2D eigenvalue weighted by Crippen LogP contribution is -2.11.